The molecule has 0 aromatic heterocycles. The van der Waals surface area contributed by atoms with Gasteiger partial charge in [-0.25, -0.2) is 8.42 Å². The molecule has 162 valence electrons. The van der Waals surface area contributed by atoms with Gasteiger partial charge in [0.05, 0.1) is 15.5 Å². The Morgan fingerprint density at radius 1 is 1.10 bits per heavy atom. The van der Waals surface area contributed by atoms with Crippen LogP contribution in [-0.4, -0.2) is 42.7 Å². The second kappa shape index (κ2) is 9.08. The highest BCUT2D eigenvalue weighted by atomic mass is 35.5. The van der Waals surface area contributed by atoms with Crippen LogP contribution in [0.15, 0.2) is 53.4 Å². The fraction of sp³-hybridized carbons (Fsp3) is 0.435. The molecule has 1 aliphatic carbocycles. The Bertz CT molecular complexity index is 1000. The molecule has 0 saturated heterocycles. The monoisotopic (exact) mass is 448 g/mol. The summed E-state index contributed by atoms with van der Waals surface area (Å²) in [5.41, 5.74) is 1.25. The number of amides is 1. The smallest absolute Gasteiger partial charge is 0.255 e. The van der Waals surface area contributed by atoms with Crippen molar-refractivity contribution in [2.75, 3.05) is 7.05 Å². The van der Waals surface area contributed by atoms with Gasteiger partial charge in [-0.3, -0.25) is 4.79 Å². The number of nitrogens with zero attached hydrogens (tertiary/aromatic N) is 2. The van der Waals surface area contributed by atoms with Crippen molar-refractivity contribution in [3.8, 4) is 0 Å². The highest BCUT2D eigenvalue weighted by Crippen LogP contribution is 2.37. The molecule has 0 radical (unpaired) electrons. The van der Waals surface area contributed by atoms with E-state index in [2.05, 4.69) is 6.92 Å². The molecule has 1 atom stereocenters. The van der Waals surface area contributed by atoms with Crippen LogP contribution in [-0.2, 0) is 16.6 Å². The minimum absolute atomic E-state index is 0.0485. The number of hydrogen-bond donors (Lipinski definition) is 0. The van der Waals surface area contributed by atoms with Gasteiger partial charge >= 0.3 is 0 Å². The molecule has 1 fully saturated rings. The first kappa shape index (κ1) is 22.8. The molecule has 3 rings (SSSR count). The van der Waals surface area contributed by atoms with Crippen molar-refractivity contribution in [3.63, 3.8) is 0 Å². The van der Waals surface area contributed by atoms with Crippen molar-refractivity contribution in [3.05, 3.63) is 64.7 Å². The zero-order chi connectivity index (χ0) is 22.1. The average molecular weight is 449 g/mol. The summed E-state index contributed by atoms with van der Waals surface area (Å²) in [5, 5.41) is 0.257. The Morgan fingerprint density at radius 2 is 1.73 bits per heavy atom. The largest absolute Gasteiger partial charge is 0.331 e. The molecule has 1 aliphatic rings. The predicted molar refractivity (Wildman–Crippen MR) is 120 cm³/mol. The Morgan fingerprint density at radius 3 is 2.30 bits per heavy atom. The van der Waals surface area contributed by atoms with Gasteiger partial charge in [0, 0.05) is 25.7 Å². The van der Waals surface area contributed by atoms with E-state index in [1.807, 2.05) is 35.2 Å². The third kappa shape index (κ3) is 4.88. The molecule has 2 aromatic carbocycles. The summed E-state index contributed by atoms with van der Waals surface area (Å²) in [5.74, 6) is 0.225. The topological polar surface area (TPSA) is 57.7 Å². The molecule has 1 amide bonds. The maximum Gasteiger partial charge on any atom is 0.255 e. The molecule has 0 spiro atoms. The average Bonchev–Trinajstić information content (AvgIpc) is 3.56. The Labute approximate surface area is 184 Å². The van der Waals surface area contributed by atoms with Gasteiger partial charge in [0.1, 0.15) is 0 Å². The first-order valence-corrected chi connectivity index (χ1v) is 12.1. The number of sulfonamides is 1. The van der Waals surface area contributed by atoms with Gasteiger partial charge in [0.15, 0.2) is 0 Å². The lowest BCUT2D eigenvalue weighted by Gasteiger charge is -2.30. The molecular formula is C23H29ClN2O3S. The number of carbonyl (C=O) groups excluding carboxylic acids is 1. The molecule has 0 N–H and O–H groups in total. The SMILES string of the molecule is CC(C1CC1)N(Cc1ccccc1)C(=O)c1cc(S(=O)(=O)N(C)C(C)C)ccc1Cl. The zero-order valence-electron chi connectivity index (χ0n) is 17.9. The zero-order valence-corrected chi connectivity index (χ0v) is 19.4. The first-order valence-electron chi connectivity index (χ1n) is 10.3. The normalized spacial score (nSPS) is 15.4. The summed E-state index contributed by atoms with van der Waals surface area (Å²) in [7, 11) is -2.18. The van der Waals surface area contributed by atoms with Crippen LogP contribution in [0.25, 0.3) is 0 Å². The van der Waals surface area contributed by atoms with Crippen LogP contribution < -0.4 is 0 Å². The summed E-state index contributed by atoms with van der Waals surface area (Å²) >= 11 is 6.37. The van der Waals surface area contributed by atoms with Gasteiger partial charge in [0.25, 0.3) is 5.91 Å². The molecule has 7 heteroatoms. The number of hydrogen-bond acceptors (Lipinski definition) is 3. The van der Waals surface area contributed by atoms with E-state index < -0.39 is 10.0 Å². The van der Waals surface area contributed by atoms with E-state index in [9.17, 15) is 13.2 Å². The second-order valence-electron chi connectivity index (χ2n) is 8.25. The maximum atomic E-state index is 13.6. The van der Waals surface area contributed by atoms with Gasteiger partial charge in [-0.15, -0.1) is 0 Å². The fourth-order valence-corrected chi connectivity index (χ4v) is 5.03. The van der Waals surface area contributed by atoms with Crippen molar-refractivity contribution < 1.29 is 13.2 Å². The Kier molecular flexibility index (Phi) is 6.90. The van der Waals surface area contributed by atoms with E-state index in [4.69, 9.17) is 11.6 Å². The van der Waals surface area contributed by atoms with E-state index in [1.54, 1.807) is 13.8 Å². The molecule has 30 heavy (non-hydrogen) atoms. The van der Waals surface area contributed by atoms with E-state index in [0.29, 0.717) is 12.5 Å². The minimum Gasteiger partial charge on any atom is -0.331 e. The van der Waals surface area contributed by atoms with Crippen molar-refractivity contribution in [2.45, 2.75) is 57.1 Å². The van der Waals surface area contributed by atoms with Crippen molar-refractivity contribution in [1.29, 1.82) is 0 Å². The van der Waals surface area contributed by atoms with Gasteiger partial charge in [-0.2, -0.15) is 4.31 Å². The van der Waals surface area contributed by atoms with Crippen LogP contribution in [0, 0.1) is 5.92 Å². The molecule has 0 bridgehead atoms. The Balaban J connectivity index is 1.98. The van der Waals surface area contributed by atoms with Gasteiger partial charge < -0.3 is 4.90 Å². The van der Waals surface area contributed by atoms with Crippen molar-refractivity contribution in [1.82, 2.24) is 9.21 Å². The third-order valence-corrected chi connectivity index (χ3v) is 8.18. The summed E-state index contributed by atoms with van der Waals surface area (Å²) < 4.78 is 27.2. The molecule has 0 aliphatic heterocycles. The quantitative estimate of drug-likeness (QED) is 0.582. The highest BCUT2D eigenvalue weighted by molar-refractivity contribution is 7.89. The minimum atomic E-state index is -3.72. The molecule has 5 nitrogen and oxygen atoms in total. The third-order valence-electron chi connectivity index (χ3n) is 5.82. The summed E-state index contributed by atoms with van der Waals surface area (Å²) in [6.45, 7) is 6.12. The number of rotatable bonds is 8. The highest BCUT2D eigenvalue weighted by Gasteiger charge is 2.35. The van der Waals surface area contributed by atoms with E-state index in [-0.39, 0.29) is 33.5 Å². The summed E-state index contributed by atoms with van der Waals surface area (Å²) in [4.78, 5) is 15.5. The summed E-state index contributed by atoms with van der Waals surface area (Å²) in [6, 6.07) is 14.0. The van der Waals surface area contributed by atoms with Crippen LogP contribution in [0.5, 0.6) is 0 Å². The maximum absolute atomic E-state index is 13.6. The number of benzene rings is 2. The number of carbonyl (C=O) groups is 1. The van der Waals surface area contributed by atoms with Gasteiger partial charge in [-0.05, 0) is 63.3 Å². The second-order valence-corrected chi connectivity index (χ2v) is 10.7. The lowest BCUT2D eigenvalue weighted by molar-refractivity contribution is 0.0654. The standard InChI is InChI=1S/C23H29ClN2O3S/c1-16(2)25(4)30(28,29)20-12-13-22(24)21(14-20)23(27)26(17(3)19-10-11-19)15-18-8-6-5-7-9-18/h5-9,12-14,16-17,19H,10-11,15H2,1-4H3. The van der Waals surface area contributed by atoms with E-state index >= 15 is 0 Å². The number of halogens is 1. The van der Waals surface area contributed by atoms with Crippen LogP contribution in [0.3, 0.4) is 0 Å². The molecular weight excluding hydrogens is 420 g/mol. The lowest BCUT2D eigenvalue weighted by Crippen LogP contribution is -2.39. The molecule has 2 aromatic rings. The van der Waals surface area contributed by atoms with Crippen LogP contribution in [0.4, 0.5) is 0 Å². The van der Waals surface area contributed by atoms with Crippen molar-refractivity contribution >= 4 is 27.5 Å². The predicted octanol–water partition coefficient (Wildman–Crippen LogP) is 4.81. The van der Waals surface area contributed by atoms with E-state index in [0.717, 1.165) is 18.4 Å². The molecule has 1 unspecified atom stereocenters. The molecule has 0 heterocycles. The van der Waals surface area contributed by atoms with E-state index in [1.165, 1.54) is 29.6 Å². The van der Waals surface area contributed by atoms with Gasteiger partial charge in [-0.1, -0.05) is 41.9 Å². The Hall–Kier alpha value is -1.89. The van der Waals surface area contributed by atoms with Crippen LogP contribution >= 0.6 is 11.6 Å². The first-order chi connectivity index (χ1) is 14.1. The van der Waals surface area contributed by atoms with Gasteiger partial charge in [0.2, 0.25) is 10.0 Å². The van der Waals surface area contributed by atoms with Crippen molar-refractivity contribution in [2.24, 2.45) is 5.92 Å². The fourth-order valence-electron chi connectivity index (χ4n) is 3.44. The lowest BCUT2D eigenvalue weighted by atomic mass is 10.1. The van der Waals surface area contributed by atoms with Crippen LogP contribution in [0.2, 0.25) is 5.02 Å². The summed E-state index contributed by atoms with van der Waals surface area (Å²) in [6.07, 6.45) is 2.20. The van der Waals surface area contributed by atoms with Crippen LogP contribution in [0.1, 0.15) is 49.5 Å². The molecule has 1 saturated carbocycles.